The van der Waals surface area contributed by atoms with Gasteiger partial charge in [-0.1, -0.05) is 11.6 Å². The molecule has 0 fully saturated rings. The quantitative estimate of drug-likeness (QED) is 0.914. The largest absolute Gasteiger partial charge is 0.496 e. The summed E-state index contributed by atoms with van der Waals surface area (Å²) >= 11 is 6.05. The van der Waals surface area contributed by atoms with Crippen molar-refractivity contribution in [2.75, 3.05) is 14.2 Å². The van der Waals surface area contributed by atoms with Gasteiger partial charge in [0, 0.05) is 18.3 Å². The molecule has 0 radical (unpaired) electrons. The van der Waals surface area contributed by atoms with Crippen LogP contribution in [0.25, 0.3) is 0 Å². The van der Waals surface area contributed by atoms with E-state index in [2.05, 4.69) is 10.4 Å². The lowest BCUT2D eigenvalue weighted by molar-refractivity contribution is 0.406. The predicted molar refractivity (Wildman–Crippen MR) is 76.7 cm³/mol. The minimum Gasteiger partial charge on any atom is -0.496 e. The second-order valence-electron chi connectivity index (χ2n) is 4.42. The number of aromatic nitrogens is 2. The molecule has 0 aliphatic carbocycles. The number of hydrogen-bond acceptors (Lipinski definition) is 3. The summed E-state index contributed by atoms with van der Waals surface area (Å²) in [6.07, 6.45) is 2.71. The maximum atomic E-state index is 6.05. The molecule has 0 spiro atoms. The molecule has 102 valence electrons. The predicted octanol–water partition coefficient (Wildman–Crippen LogP) is 2.59. The lowest BCUT2D eigenvalue weighted by atomic mass is 10.0. The van der Waals surface area contributed by atoms with Crippen molar-refractivity contribution in [3.8, 4) is 5.75 Å². The van der Waals surface area contributed by atoms with Crippen molar-refractivity contribution in [2.45, 2.75) is 12.5 Å². The number of nitrogens with one attached hydrogen (secondary N) is 1. The third kappa shape index (κ3) is 3.28. The van der Waals surface area contributed by atoms with E-state index in [4.69, 9.17) is 16.3 Å². The average molecular weight is 280 g/mol. The molecule has 0 bridgehead atoms. The number of nitrogens with zero attached hydrogens (tertiary/aromatic N) is 2. The molecule has 0 amide bonds. The molecule has 2 aromatic rings. The number of methoxy groups -OCH3 is 1. The van der Waals surface area contributed by atoms with E-state index in [1.54, 1.807) is 11.8 Å². The number of rotatable bonds is 5. The van der Waals surface area contributed by atoms with Gasteiger partial charge in [0.1, 0.15) is 5.75 Å². The SMILES string of the molecule is CNC(Cc1cc(Cl)ccc1OC)c1ccn(C)n1. The van der Waals surface area contributed by atoms with E-state index in [0.717, 1.165) is 23.4 Å². The molecule has 5 heteroatoms. The fraction of sp³-hybridized carbons (Fsp3) is 0.357. The van der Waals surface area contributed by atoms with Gasteiger partial charge in [-0.05, 0) is 43.3 Å². The summed E-state index contributed by atoms with van der Waals surface area (Å²) in [5.74, 6) is 0.848. The maximum Gasteiger partial charge on any atom is 0.122 e. The topological polar surface area (TPSA) is 39.1 Å². The summed E-state index contributed by atoms with van der Waals surface area (Å²) in [6, 6.07) is 7.81. The van der Waals surface area contributed by atoms with E-state index in [1.165, 1.54) is 0 Å². The smallest absolute Gasteiger partial charge is 0.122 e. The average Bonchev–Trinajstić information content (AvgIpc) is 2.82. The zero-order valence-corrected chi connectivity index (χ0v) is 12.1. The van der Waals surface area contributed by atoms with Crippen LogP contribution in [0, 0.1) is 0 Å². The Labute approximate surface area is 118 Å². The minimum absolute atomic E-state index is 0.133. The highest BCUT2D eigenvalue weighted by Gasteiger charge is 2.15. The molecule has 0 aliphatic rings. The highest BCUT2D eigenvalue weighted by Crippen LogP contribution is 2.27. The first-order chi connectivity index (χ1) is 9.13. The van der Waals surface area contributed by atoms with Crippen LogP contribution in [-0.4, -0.2) is 23.9 Å². The van der Waals surface area contributed by atoms with E-state index in [9.17, 15) is 0 Å². The van der Waals surface area contributed by atoms with Crippen LogP contribution in [0.1, 0.15) is 17.3 Å². The van der Waals surface area contributed by atoms with Gasteiger partial charge in [-0.25, -0.2) is 0 Å². The van der Waals surface area contributed by atoms with E-state index >= 15 is 0 Å². The van der Waals surface area contributed by atoms with Gasteiger partial charge in [-0.3, -0.25) is 4.68 Å². The lowest BCUT2D eigenvalue weighted by Gasteiger charge is -2.16. The molecule has 1 N–H and O–H groups in total. The van der Waals surface area contributed by atoms with Crippen LogP contribution in [0.3, 0.4) is 0 Å². The molecular weight excluding hydrogens is 262 g/mol. The minimum atomic E-state index is 0.133. The Bertz CT molecular complexity index is 553. The van der Waals surface area contributed by atoms with Crippen LogP contribution >= 0.6 is 11.6 Å². The molecule has 0 saturated heterocycles. The maximum absolute atomic E-state index is 6.05. The number of likely N-dealkylation sites (N-methyl/N-ethyl adjacent to an activating group) is 1. The van der Waals surface area contributed by atoms with Gasteiger partial charge in [0.05, 0.1) is 18.8 Å². The van der Waals surface area contributed by atoms with Crippen molar-refractivity contribution in [2.24, 2.45) is 7.05 Å². The summed E-state index contributed by atoms with van der Waals surface area (Å²) in [5, 5.41) is 8.43. The second-order valence-corrected chi connectivity index (χ2v) is 4.85. The first-order valence-electron chi connectivity index (χ1n) is 6.13. The Morgan fingerprint density at radius 3 is 2.79 bits per heavy atom. The summed E-state index contributed by atoms with van der Waals surface area (Å²) in [5.41, 5.74) is 2.08. The van der Waals surface area contributed by atoms with Crippen LogP contribution in [-0.2, 0) is 13.5 Å². The van der Waals surface area contributed by atoms with E-state index in [0.29, 0.717) is 5.02 Å². The fourth-order valence-electron chi connectivity index (χ4n) is 2.10. The second kappa shape index (κ2) is 6.08. The molecular formula is C14H18ClN3O. The van der Waals surface area contributed by atoms with E-state index < -0.39 is 0 Å². The standard InChI is InChI=1S/C14H18ClN3O/c1-16-13(12-6-7-18(2)17-12)9-10-8-11(15)4-5-14(10)19-3/h4-8,13,16H,9H2,1-3H3. The van der Waals surface area contributed by atoms with Crippen LogP contribution in [0.2, 0.25) is 5.02 Å². The van der Waals surface area contributed by atoms with Crippen molar-refractivity contribution in [1.82, 2.24) is 15.1 Å². The summed E-state index contributed by atoms with van der Waals surface area (Å²) in [7, 11) is 5.51. The van der Waals surface area contributed by atoms with Crippen molar-refractivity contribution in [3.05, 3.63) is 46.7 Å². The molecule has 1 atom stereocenters. The van der Waals surface area contributed by atoms with Gasteiger partial charge >= 0.3 is 0 Å². The van der Waals surface area contributed by atoms with Crippen LogP contribution in [0.4, 0.5) is 0 Å². The van der Waals surface area contributed by atoms with Crippen molar-refractivity contribution < 1.29 is 4.74 Å². The number of benzene rings is 1. The number of hydrogen-bond donors (Lipinski definition) is 1. The van der Waals surface area contributed by atoms with Crippen LogP contribution in [0.5, 0.6) is 5.75 Å². The van der Waals surface area contributed by atoms with Crippen molar-refractivity contribution in [1.29, 1.82) is 0 Å². The zero-order valence-electron chi connectivity index (χ0n) is 11.4. The Balaban J connectivity index is 2.25. The Morgan fingerprint density at radius 2 is 2.21 bits per heavy atom. The molecule has 2 rings (SSSR count). The van der Waals surface area contributed by atoms with Gasteiger partial charge < -0.3 is 10.1 Å². The van der Waals surface area contributed by atoms with E-state index in [-0.39, 0.29) is 6.04 Å². The summed E-state index contributed by atoms with van der Waals surface area (Å²) < 4.78 is 7.18. The van der Waals surface area contributed by atoms with Gasteiger partial charge in [-0.15, -0.1) is 0 Å². The van der Waals surface area contributed by atoms with Crippen molar-refractivity contribution >= 4 is 11.6 Å². The van der Waals surface area contributed by atoms with Gasteiger partial charge in [0.15, 0.2) is 0 Å². The molecule has 0 aliphatic heterocycles. The Morgan fingerprint density at radius 1 is 1.42 bits per heavy atom. The highest BCUT2D eigenvalue weighted by atomic mass is 35.5. The molecule has 1 heterocycles. The molecule has 4 nitrogen and oxygen atoms in total. The third-order valence-corrected chi connectivity index (χ3v) is 3.34. The number of aryl methyl sites for hydroxylation is 1. The monoisotopic (exact) mass is 279 g/mol. The molecule has 1 aromatic carbocycles. The molecule has 1 aromatic heterocycles. The third-order valence-electron chi connectivity index (χ3n) is 3.11. The highest BCUT2D eigenvalue weighted by molar-refractivity contribution is 6.30. The normalized spacial score (nSPS) is 12.4. The molecule has 0 saturated carbocycles. The number of halogens is 1. The first kappa shape index (κ1) is 13.9. The molecule has 19 heavy (non-hydrogen) atoms. The van der Waals surface area contributed by atoms with Gasteiger partial charge in [-0.2, -0.15) is 5.10 Å². The van der Waals surface area contributed by atoms with Crippen molar-refractivity contribution in [3.63, 3.8) is 0 Å². The number of ether oxygens (including phenoxy) is 1. The lowest BCUT2D eigenvalue weighted by Crippen LogP contribution is -2.20. The Hall–Kier alpha value is -1.52. The van der Waals surface area contributed by atoms with Gasteiger partial charge in [0.2, 0.25) is 0 Å². The van der Waals surface area contributed by atoms with Crippen LogP contribution in [0.15, 0.2) is 30.5 Å². The van der Waals surface area contributed by atoms with Crippen LogP contribution < -0.4 is 10.1 Å². The fourth-order valence-corrected chi connectivity index (χ4v) is 2.29. The summed E-state index contributed by atoms with van der Waals surface area (Å²) in [6.45, 7) is 0. The van der Waals surface area contributed by atoms with E-state index in [1.807, 2.05) is 44.6 Å². The first-order valence-corrected chi connectivity index (χ1v) is 6.51. The Kier molecular flexibility index (Phi) is 4.45. The summed E-state index contributed by atoms with van der Waals surface area (Å²) in [4.78, 5) is 0. The molecule has 1 unspecified atom stereocenters. The van der Waals surface area contributed by atoms with Gasteiger partial charge in [0.25, 0.3) is 0 Å². The zero-order chi connectivity index (χ0) is 13.8.